The standard InChI is InChI=1S/C14H18FNOS/c1-4-13(18-5-2)10(3)16-14(17)11-8-6-7-9-12(11)15/h6-9H,4-5H2,1-3H3,(H,16,17)/b13-10+. The Morgan fingerprint density at radius 1 is 1.33 bits per heavy atom. The molecule has 0 aliphatic carbocycles. The second-order valence-electron chi connectivity index (χ2n) is 3.77. The van der Waals surface area contributed by atoms with Crippen LogP contribution in [0.2, 0.25) is 0 Å². The number of benzene rings is 1. The number of thioether (sulfide) groups is 1. The molecule has 0 unspecified atom stereocenters. The van der Waals surface area contributed by atoms with E-state index in [1.807, 2.05) is 13.8 Å². The monoisotopic (exact) mass is 267 g/mol. The molecule has 0 saturated carbocycles. The van der Waals surface area contributed by atoms with Gasteiger partial charge in [0.05, 0.1) is 5.56 Å². The predicted molar refractivity (Wildman–Crippen MR) is 75.0 cm³/mol. The van der Waals surface area contributed by atoms with Crippen LogP contribution in [0.25, 0.3) is 0 Å². The second-order valence-corrected chi connectivity index (χ2v) is 5.13. The zero-order valence-electron chi connectivity index (χ0n) is 10.9. The molecule has 1 amide bonds. The minimum atomic E-state index is -0.496. The van der Waals surface area contributed by atoms with Crippen LogP contribution in [0.4, 0.5) is 4.39 Å². The maximum Gasteiger partial charge on any atom is 0.258 e. The Balaban J connectivity index is 2.85. The van der Waals surface area contributed by atoms with E-state index in [0.717, 1.165) is 22.8 Å². The van der Waals surface area contributed by atoms with E-state index in [2.05, 4.69) is 12.2 Å². The minimum Gasteiger partial charge on any atom is -0.325 e. The highest BCUT2D eigenvalue weighted by atomic mass is 32.2. The van der Waals surface area contributed by atoms with Crippen molar-refractivity contribution in [1.82, 2.24) is 5.32 Å². The maximum absolute atomic E-state index is 13.4. The van der Waals surface area contributed by atoms with E-state index >= 15 is 0 Å². The Hall–Kier alpha value is -1.29. The van der Waals surface area contributed by atoms with Crippen molar-refractivity contribution in [2.75, 3.05) is 5.75 Å². The van der Waals surface area contributed by atoms with Crippen molar-refractivity contribution in [3.63, 3.8) is 0 Å². The van der Waals surface area contributed by atoms with Gasteiger partial charge in [0.1, 0.15) is 5.82 Å². The van der Waals surface area contributed by atoms with Crippen LogP contribution in [-0.4, -0.2) is 11.7 Å². The summed E-state index contributed by atoms with van der Waals surface area (Å²) in [4.78, 5) is 13.0. The molecule has 18 heavy (non-hydrogen) atoms. The molecule has 2 nitrogen and oxygen atoms in total. The van der Waals surface area contributed by atoms with Gasteiger partial charge in [-0.3, -0.25) is 4.79 Å². The number of allylic oxidation sites excluding steroid dienone is 2. The molecule has 98 valence electrons. The lowest BCUT2D eigenvalue weighted by molar-refractivity contribution is 0.0962. The van der Waals surface area contributed by atoms with Crippen LogP contribution < -0.4 is 5.32 Å². The van der Waals surface area contributed by atoms with E-state index in [1.54, 1.807) is 23.9 Å². The second kappa shape index (κ2) is 7.21. The van der Waals surface area contributed by atoms with Gasteiger partial charge in [0, 0.05) is 10.6 Å². The first kappa shape index (κ1) is 14.8. The first-order valence-corrected chi connectivity index (χ1v) is 6.97. The highest BCUT2D eigenvalue weighted by Gasteiger charge is 2.12. The van der Waals surface area contributed by atoms with E-state index in [1.165, 1.54) is 12.1 Å². The summed E-state index contributed by atoms with van der Waals surface area (Å²) < 4.78 is 13.4. The summed E-state index contributed by atoms with van der Waals surface area (Å²) in [5, 5.41) is 2.75. The van der Waals surface area contributed by atoms with Crippen LogP contribution in [0, 0.1) is 5.82 Å². The van der Waals surface area contributed by atoms with Crippen molar-refractivity contribution in [3.8, 4) is 0 Å². The van der Waals surface area contributed by atoms with Gasteiger partial charge in [0.2, 0.25) is 0 Å². The van der Waals surface area contributed by atoms with Gasteiger partial charge >= 0.3 is 0 Å². The Morgan fingerprint density at radius 3 is 2.56 bits per heavy atom. The Kier molecular flexibility index (Phi) is 5.92. The number of halogens is 1. The number of carbonyl (C=O) groups is 1. The third-order valence-corrected chi connectivity index (χ3v) is 3.71. The molecule has 0 radical (unpaired) electrons. The van der Waals surface area contributed by atoms with E-state index < -0.39 is 11.7 Å². The summed E-state index contributed by atoms with van der Waals surface area (Å²) >= 11 is 1.70. The van der Waals surface area contributed by atoms with Crippen molar-refractivity contribution in [1.29, 1.82) is 0 Å². The largest absolute Gasteiger partial charge is 0.325 e. The van der Waals surface area contributed by atoms with Crippen LogP contribution in [0.15, 0.2) is 34.9 Å². The number of hydrogen-bond acceptors (Lipinski definition) is 2. The van der Waals surface area contributed by atoms with Gasteiger partial charge in [-0.15, -0.1) is 11.8 Å². The third-order valence-electron chi connectivity index (χ3n) is 2.48. The lowest BCUT2D eigenvalue weighted by atomic mass is 10.2. The molecule has 1 N–H and O–H groups in total. The molecule has 0 atom stereocenters. The fourth-order valence-corrected chi connectivity index (χ4v) is 2.42. The summed E-state index contributed by atoms with van der Waals surface area (Å²) in [5.41, 5.74) is 0.881. The number of hydrogen-bond donors (Lipinski definition) is 1. The first-order chi connectivity index (χ1) is 8.60. The fraction of sp³-hybridized carbons (Fsp3) is 0.357. The van der Waals surface area contributed by atoms with Crippen molar-refractivity contribution in [2.45, 2.75) is 27.2 Å². The first-order valence-electron chi connectivity index (χ1n) is 5.98. The van der Waals surface area contributed by atoms with Gasteiger partial charge in [-0.2, -0.15) is 0 Å². The summed E-state index contributed by atoms with van der Waals surface area (Å²) in [6.45, 7) is 5.95. The summed E-state index contributed by atoms with van der Waals surface area (Å²) in [6.07, 6.45) is 0.863. The van der Waals surface area contributed by atoms with Gasteiger partial charge < -0.3 is 5.32 Å². The molecule has 1 aromatic rings. The van der Waals surface area contributed by atoms with Crippen LogP contribution >= 0.6 is 11.8 Å². The van der Waals surface area contributed by atoms with Gasteiger partial charge in [0.25, 0.3) is 5.91 Å². The minimum absolute atomic E-state index is 0.0776. The quantitative estimate of drug-likeness (QED) is 0.875. The van der Waals surface area contributed by atoms with Crippen molar-refractivity contribution in [3.05, 3.63) is 46.2 Å². The normalized spacial score (nSPS) is 12.0. The molecule has 1 aromatic carbocycles. The lowest BCUT2D eigenvalue weighted by Crippen LogP contribution is -2.23. The zero-order valence-corrected chi connectivity index (χ0v) is 11.7. The van der Waals surface area contributed by atoms with Crippen LogP contribution in [-0.2, 0) is 0 Å². The smallest absolute Gasteiger partial charge is 0.258 e. The summed E-state index contributed by atoms with van der Waals surface area (Å²) in [6, 6.07) is 5.99. The molecule has 0 aromatic heterocycles. The molecule has 0 aliphatic heterocycles. The van der Waals surface area contributed by atoms with Gasteiger partial charge in [-0.25, -0.2) is 4.39 Å². The molecule has 4 heteroatoms. The molecule has 0 heterocycles. The van der Waals surface area contributed by atoms with Crippen molar-refractivity contribution in [2.24, 2.45) is 0 Å². The molecule has 1 rings (SSSR count). The topological polar surface area (TPSA) is 29.1 Å². The van der Waals surface area contributed by atoms with Crippen LogP contribution in [0.3, 0.4) is 0 Å². The van der Waals surface area contributed by atoms with Crippen molar-refractivity contribution >= 4 is 17.7 Å². The highest BCUT2D eigenvalue weighted by Crippen LogP contribution is 2.21. The number of amides is 1. The Morgan fingerprint density at radius 2 is 2.00 bits per heavy atom. The van der Waals surface area contributed by atoms with E-state index in [9.17, 15) is 9.18 Å². The number of rotatable bonds is 5. The molecule has 0 spiro atoms. The lowest BCUT2D eigenvalue weighted by Gasteiger charge is -2.11. The average Bonchev–Trinajstić information content (AvgIpc) is 2.36. The average molecular weight is 267 g/mol. The number of carbonyl (C=O) groups excluding carboxylic acids is 1. The number of nitrogens with one attached hydrogen (secondary N) is 1. The van der Waals surface area contributed by atoms with Gasteiger partial charge in [-0.05, 0) is 31.2 Å². The SMILES string of the molecule is CCS/C(CC)=C(\C)NC(=O)c1ccccc1F. The summed E-state index contributed by atoms with van der Waals surface area (Å²) in [7, 11) is 0. The molecular formula is C14H18FNOS. The Bertz CT molecular complexity index is 457. The van der Waals surface area contributed by atoms with Crippen LogP contribution in [0.1, 0.15) is 37.6 Å². The fourth-order valence-electron chi connectivity index (χ4n) is 1.60. The molecule has 0 bridgehead atoms. The molecule has 0 aliphatic rings. The Labute approximate surface area is 112 Å². The van der Waals surface area contributed by atoms with Crippen molar-refractivity contribution < 1.29 is 9.18 Å². The third kappa shape index (κ3) is 3.88. The predicted octanol–water partition coefficient (Wildman–Crippen LogP) is 3.95. The molecule has 0 saturated heterocycles. The van der Waals surface area contributed by atoms with E-state index in [4.69, 9.17) is 0 Å². The molecular weight excluding hydrogens is 249 g/mol. The van der Waals surface area contributed by atoms with E-state index in [0.29, 0.717) is 0 Å². The van der Waals surface area contributed by atoms with E-state index in [-0.39, 0.29) is 5.56 Å². The maximum atomic E-state index is 13.4. The summed E-state index contributed by atoms with van der Waals surface area (Å²) in [5.74, 6) is 0.0630. The molecule has 0 fully saturated rings. The zero-order chi connectivity index (χ0) is 13.5. The van der Waals surface area contributed by atoms with Gasteiger partial charge in [-0.1, -0.05) is 26.0 Å². The van der Waals surface area contributed by atoms with Crippen LogP contribution in [0.5, 0.6) is 0 Å². The highest BCUT2D eigenvalue weighted by molar-refractivity contribution is 8.03. The van der Waals surface area contributed by atoms with Gasteiger partial charge in [0.15, 0.2) is 0 Å².